The summed E-state index contributed by atoms with van der Waals surface area (Å²) >= 11 is 6.01. The van der Waals surface area contributed by atoms with Crippen molar-refractivity contribution in [2.45, 2.75) is 24.9 Å². The normalized spacial score (nSPS) is 15.7. The first-order chi connectivity index (χ1) is 12.7. The molecule has 1 heterocycles. The van der Waals surface area contributed by atoms with Crippen molar-refractivity contribution in [2.75, 3.05) is 0 Å². The summed E-state index contributed by atoms with van der Waals surface area (Å²) in [6, 6.07) is 7.65. The number of rotatable bonds is 6. The summed E-state index contributed by atoms with van der Waals surface area (Å²) in [5.74, 6) is -0.170. The molecule has 9 heteroatoms. The zero-order chi connectivity index (χ0) is 19.8. The molecule has 1 aliphatic heterocycles. The fourth-order valence-corrected chi connectivity index (χ4v) is 3.92. The zero-order valence-electron chi connectivity index (χ0n) is 14.0. The third-order valence-electron chi connectivity index (χ3n) is 4.00. The Kier molecular flexibility index (Phi) is 5.41. The highest BCUT2D eigenvalue weighted by Crippen LogP contribution is 2.50. The van der Waals surface area contributed by atoms with Gasteiger partial charge < -0.3 is 9.47 Å². The molecule has 0 aromatic heterocycles. The molecule has 144 valence electrons. The predicted molar refractivity (Wildman–Crippen MR) is 98.5 cm³/mol. The quantitative estimate of drug-likeness (QED) is 0.709. The number of primary sulfonamides is 1. The molecule has 3 rings (SSSR count). The summed E-state index contributed by atoms with van der Waals surface area (Å²) < 4.78 is 59.0. The highest BCUT2D eigenvalue weighted by atomic mass is 35.5. The van der Waals surface area contributed by atoms with Gasteiger partial charge in [-0.15, -0.1) is 6.58 Å². The molecule has 0 amide bonds. The molecule has 0 fully saturated rings. The monoisotopic (exact) mass is 415 g/mol. The molecule has 2 aromatic carbocycles. The van der Waals surface area contributed by atoms with Crippen LogP contribution in [0, 0.1) is 0 Å². The lowest BCUT2D eigenvalue weighted by Crippen LogP contribution is -2.17. The Balaban J connectivity index is 2.19. The van der Waals surface area contributed by atoms with E-state index in [-0.39, 0.29) is 16.5 Å². The molecule has 5 nitrogen and oxygen atoms in total. The van der Waals surface area contributed by atoms with Crippen LogP contribution in [0.25, 0.3) is 11.1 Å². The molecule has 0 saturated heterocycles. The molecule has 2 aromatic rings. The smallest absolute Gasteiger partial charge is 0.387 e. The summed E-state index contributed by atoms with van der Waals surface area (Å²) in [6.45, 7) is 0.656. The zero-order valence-corrected chi connectivity index (χ0v) is 15.6. The Morgan fingerprint density at radius 1 is 1.33 bits per heavy atom. The van der Waals surface area contributed by atoms with Crippen molar-refractivity contribution in [3.05, 3.63) is 59.1 Å². The van der Waals surface area contributed by atoms with Crippen molar-refractivity contribution >= 4 is 21.6 Å². The lowest BCUT2D eigenvalue weighted by Gasteiger charge is -2.30. The van der Waals surface area contributed by atoms with Gasteiger partial charge in [-0.05, 0) is 23.3 Å². The second kappa shape index (κ2) is 7.46. The van der Waals surface area contributed by atoms with Crippen LogP contribution in [-0.2, 0) is 15.8 Å². The van der Waals surface area contributed by atoms with E-state index in [1.807, 2.05) is 0 Å². The van der Waals surface area contributed by atoms with Crippen LogP contribution in [0.15, 0.2) is 43.0 Å². The first-order valence-corrected chi connectivity index (χ1v) is 9.97. The Hall–Kier alpha value is -2.16. The Morgan fingerprint density at radius 3 is 2.70 bits per heavy atom. The van der Waals surface area contributed by atoms with E-state index in [1.54, 1.807) is 24.3 Å². The number of hydrogen-bond acceptors (Lipinski definition) is 4. The first kappa shape index (κ1) is 19.6. The van der Waals surface area contributed by atoms with Crippen molar-refractivity contribution in [2.24, 2.45) is 5.14 Å². The minimum Gasteiger partial charge on any atom is -0.485 e. The number of nitrogens with two attached hydrogens (primary N) is 1. The molecule has 1 aliphatic rings. The fourth-order valence-electron chi connectivity index (χ4n) is 3.08. The van der Waals surface area contributed by atoms with Gasteiger partial charge in [0.2, 0.25) is 10.0 Å². The topological polar surface area (TPSA) is 78.6 Å². The van der Waals surface area contributed by atoms with Crippen LogP contribution in [0.1, 0.15) is 23.7 Å². The molecule has 0 bridgehead atoms. The molecule has 0 spiro atoms. The van der Waals surface area contributed by atoms with E-state index in [1.165, 1.54) is 12.1 Å². The summed E-state index contributed by atoms with van der Waals surface area (Å²) in [5, 5.41) is 5.31. The molecule has 1 atom stereocenters. The van der Waals surface area contributed by atoms with Gasteiger partial charge in [0, 0.05) is 17.0 Å². The van der Waals surface area contributed by atoms with Gasteiger partial charge in [0.1, 0.15) is 17.6 Å². The molecule has 1 unspecified atom stereocenters. The summed E-state index contributed by atoms with van der Waals surface area (Å²) in [5.41, 5.74) is 2.01. The maximum atomic E-state index is 12.8. The molecule has 27 heavy (non-hydrogen) atoms. The molecule has 0 saturated carbocycles. The van der Waals surface area contributed by atoms with Crippen molar-refractivity contribution in [1.29, 1.82) is 0 Å². The van der Waals surface area contributed by atoms with Crippen molar-refractivity contribution in [3.63, 3.8) is 0 Å². The highest BCUT2D eigenvalue weighted by Gasteiger charge is 2.30. The highest BCUT2D eigenvalue weighted by molar-refractivity contribution is 7.88. The van der Waals surface area contributed by atoms with Gasteiger partial charge >= 0.3 is 6.61 Å². The number of ether oxygens (including phenoxy) is 2. The fraction of sp³-hybridized carbons (Fsp3) is 0.222. The molecular weight excluding hydrogens is 400 g/mol. The van der Waals surface area contributed by atoms with E-state index in [4.69, 9.17) is 21.5 Å². The third kappa shape index (κ3) is 4.40. The van der Waals surface area contributed by atoms with Gasteiger partial charge in [0.15, 0.2) is 0 Å². The molecule has 2 N–H and O–H groups in total. The number of benzene rings is 2. The number of hydrogen-bond donors (Lipinski definition) is 1. The van der Waals surface area contributed by atoms with E-state index in [9.17, 15) is 17.2 Å². The van der Waals surface area contributed by atoms with E-state index in [0.717, 1.165) is 0 Å². The van der Waals surface area contributed by atoms with Gasteiger partial charge in [0.25, 0.3) is 0 Å². The van der Waals surface area contributed by atoms with Crippen molar-refractivity contribution in [3.8, 4) is 22.6 Å². The summed E-state index contributed by atoms with van der Waals surface area (Å²) in [7, 11) is -3.73. The van der Waals surface area contributed by atoms with Gasteiger partial charge in [0.05, 0.1) is 11.3 Å². The number of alkyl halides is 2. The van der Waals surface area contributed by atoms with Gasteiger partial charge in [-0.3, -0.25) is 0 Å². The summed E-state index contributed by atoms with van der Waals surface area (Å²) in [4.78, 5) is 0. The van der Waals surface area contributed by atoms with Crippen LogP contribution in [0.4, 0.5) is 8.78 Å². The molecule has 0 aliphatic carbocycles. The van der Waals surface area contributed by atoms with Crippen molar-refractivity contribution < 1.29 is 26.7 Å². The second-order valence-corrected chi connectivity index (χ2v) is 8.07. The van der Waals surface area contributed by atoms with Crippen LogP contribution in [0.5, 0.6) is 11.5 Å². The number of halogens is 3. The van der Waals surface area contributed by atoms with Gasteiger partial charge in [-0.1, -0.05) is 35.9 Å². The van der Waals surface area contributed by atoms with Gasteiger partial charge in [-0.25, -0.2) is 13.6 Å². The van der Waals surface area contributed by atoms with Crippen LogP contribution in [-0.4, -0.2) is 15.0 Å². The average Bonchev–Trinajstić information content (AvgIpc) is 2.52. The molecular formula is C18H16ClF2NO4S. The first-order valence-electron chi connectivity index (χ1n) is 7.87. The lowest BCUT2D eigenvalue weighted by atomic mass is 9.89. The number of fused-ring (bicyclic) bond motifs is 3. The minimum absolute atomic E-state index is 0.120. The maximum Gasteiger partial charge on any atom is 0.387 e. The maximum absolute atomic E-state index is 12.8. The predicted octanol–water partition coefficient (Wildman–Crippen LogP) is 4.41. The third-order valence-corrected chi connectivity index (χ3v) is 4.95. The van der Waals surface area contributed by atoms with E-state index in [2.05, 4.69) is 11.3 Å². The average molecular weight is 416 g/mol. The Morgan fingerprint density at radius 2 is 2.07 bits per heavy atom. The van der Waals surface area contributed by atoms with Crippen LogP contribution >= 0.6 is 11.6 Å². The van der Waals surface area contributed by atoms with Gasteiger partial charge in [-0.2, -0.15) is 8.78 Å². The Bertz CT molecular complexity index is 995. The summed E-state index contributed by atoms with van der Waals surface area (Å²) in [6.07, 6.45) is 1.58. The number of sulfonamides is 1. The van der Waals surface area contributed by atoms with Crippen molar-refractivity contribution in [1.82, 2.24) is 0 Å². The van der Waals surface area contributed by atoms with E-state index >= 15 is 0 Å². The minimum atomic E-state index is -3.73. The second-order valence-electron chi connectivity index (χ2n) is 6.02. The lowest BCUT2D eigenvalue weighted by molar-refractivity contribution is -0.0496. The Labute approximate surface area is 160 Å². The largest absolute Gasteiger partial charge is 0.485 e. The van der Waals surface area contributed by atoms with E-state index in [0.29, 0.717) is 34.4 Å². The van der Waals surface area contributed by atoms with Crippen LogP contribution in [0.3, 0.4) is 0 Å². The van der Waals surface area contributed by atoms with Crippen LogP contribution < -0.4 is 14.6 Å². The van der Waals surface area contributed by atoms with E-state index < -0.39 is 22.7 Å². The van der Waals surface area contributed by atoms with Crippen LogP contribution in [0.2, 0.25) is 5.02 Å². The SMILES string of the molecule is C=CCC1Oc2cc(Cl)cc(OC(F)F)c2-c2ccc(CS(N)(=O)=O)cc21. The standard InChI is InChI=1S/C18H16ClF2NO4S/c1-2-3-14-13-6-10(9-27(22,23)24)4-5-12(13)17-15(25-14)7-11(19)8-16(17)26-18(20)21/h2,4-8,14,18H,1,3,9H2,(H2,22,23,24). The molecule has 0 radical (unpaired) electrons.